The fraction of sp³-hybridized carbons (Fsp3) is 0.429. The average Bonchev–Trinajstić information content (AvgIpc) is 2.76. The fourth-order valence-corrected chi connectivity index (χ4v) is 3.76. The zero-order valence-corrected chi connectivity index (χ0v) is 12.5. The van der Waals surface area contributed by atoms with Crippen molar-refractivity contribution < 1.29 is 22.7 Å². The van der Waals surface area contributed by atoms with Crippen LogP contribution in [0.1, 0.15) is 22.3 Å². The van der Waals surface area contributed by atoms with Gasteiger partial charge in [0.1, 0.15) is 0 Å². The monoisotopic (exact) mass is 311 g/mol. The minimum Gasteiger partial charge on any atom is -0.452 e. The average molecular weight is 311 g/mol. The van der Waals surface area contributed by atoms with Crippen molar-refractivity contribution in [2.45, 2.75) is 19.4 Å². The highest BCUT2D eigenvalue weighted by molar-refractivity contribution is 7.91. The van der Waals surface area contributed by atoms with E-state index >= 15 is 0 Å². The van der Waals surface area contributed by atoms with Gasteiger partial charge in [-0.3, -0.25) is 4.79 Å². The maximum Gasteiger partial charge on any atom is 0.338 e. The number of nitrogens with one attached hydrogen (secondary N) is 1. The summed E-state index contributed by atoms with van der Waals surface area (Å²) in [5.74, 6) is -1.03. The zero-order valence-electron chi connectivity index (χ0n) is 11.7. The van der Waals surface area contributed by atoms with Crippen LogP contribution in [0, 0.1) is 6.92 Å². The van der Waals surface area contributed by atoms with E-state index in [9.17, 15) is 18.0 Å². The van der Waals surface area contributed by atoms with E-state index in [0.29, 0.717) is 12.0 Å². The first-order valence-electron chi connectivity index (χ1n) is 6.59. The Hall–Kier alpha value is -1.89. The number of carbonyl (C=O) groups is 2. The second kappa shape index (κ2) is 6.26. The number of hydrogen-bond acceptors (Lipinski definition) is 5. The van der Waals surface area contributed by atoms with Gasteiger partial charge in [0.25, 0.3) is 5.91 Å². The molecule has 1 aliphatic heterocycles. The summed E-state index contributed by atoms with van der Waals surface area (Å²) in [5, 5.41) is 2.56. The van der Waals surface area contributed by atoms with Crippen LogP contribution >= 0.6 is 0 Å². The molecule has 1 aromatic rings. The van der Waals surface area contributed by atoms with Crippen molar-refractivity contribution in [1.82, 2.24) is 5.32 Å². The Bertz CT molecular complexity index is 636. The lowest BCUT2D eigenvalue weighted by Crippen LogP contribution is -2.38. The molecule has 114 valence electrons. The summed E-state index contributed by atoms with van der Waals surface area (Å²) in [4.78, 5) is 23.3. The lowest BCUT2D eigenvalue weighted by atomic mass is 10.1. The second-order valence-electron chi connectivity index (χ2n) is 5.11. The molecule has 0 saturated carbocycles. The van der Waals surface area contributed by atoms with E-state index in [4.69, 9.17) is 4.74 Å². The van der Waals surface area contributed by atoms with Gasteiger partial charge in [0.05, 0.1) is 17.1 Å². The summed E-state index contributed by atoms with van der Waals surface area (Å²) in [7, 11) is -3.04. The summed E-state index contributed by atoms with van der Waals surface area (Å²) in [6.45, 7) is 1.49. The van der Waals surface area contributed by atoms with Gasteiger partial charge in [0, 0.05) is 6.04 Å². The zero-order chi connectivity index (χ0) is 15.5. The van der Waals surface area contributed by atoms with Gasteiger partial charge in [0.2, 0.25) is 0 Å². The Kier molecular flexibility index (Phi) is 4.62. The van der Waals surface area contributed by atoms with Gasteiger partial charge >= 0.3 is 5.97 Å². The van der Waals surface area contributed by atoms with Crippen LogP contribution in [-0.2, 0) is 19.4 Å². The standard InChI is InChI=1S/C14H17NO5S/c1-10-2-4-11(5-3-10)14(17)20-8-13(16)15-12-6-7-21(18,19)9-12/h2-5,12H,6-9H2,1H3,(H,15,16). The number of aryl methyl sites for hydroxylation is 1. The quantitative estimate of drug-likeness (QED) is 0.816. The van der Waals surface area contributed by atoms with E-state index in [0.717, 1.165) is 5.56 Å². The number of carbonyl (C=O) groups excluding carboxylic acids is 2. The lowest BCUT2D eigenvalue weighted by Gasteiger charge is -2.11. The molecular formula is C14H17NO5S. The highest BCUT2D eigenvalue weighted by atomic mass is 32.2. The highest BCUT2D eigenvalue weighted by Gasteiger charge is 2.29. The Morgan fingerprint density at radius 2 is 1.95 bits per heavy atom. The Morgan fingerprint density at radius 3 is 2.52 bits per heavy atom. The molecule has 2 rings (SSSR count). The number of ether oxygens (including phenoxy) is 1. The number of sulfone groups is 1. The number of amides is 1. The summed E-state index contributed by atoms with van der Waals surface area (Å²) < 4.78 is 27.4. The molecule has 1 amide bonds. The van der Waals surface area contributed by atoms with Gasteiger partial charge in [-0.05, 0) is 25.5 Å². The molecule has 1 unspecified atom stereocenters. The number of hydrogen-bond donors (Lipinski definition) is 1. The molecule has 1 aromatic carbocycles. The van der Waals surface area contributed by atoms with Crippen molar-refractivity contribution in [1.29, 1.82) is 0 Å². The van der Waals surface area contributed by atoms with E-state index in [1.54, 1.807) is 24.3 Å². The van der Waals surface area contributed by atoms with E-state index < -0.39 is 28.3 Å². The molecular weight excluding hydrogens is 294 g/mol. The van der Waals surface area contributed by atoms with E-state index in [-0.39, 0.29) is 17.5 Å². The van der Waals surface area contributed by atoms with Crippen LogP contribution in [0.4, 0.5) is 0 Å². The van der Waals surface area contributed by atoms with Gasteiger partial charge in [-0.2, -0.15) is 0 Å². The normalized spacial score (nSPS) is 20.0. The Morgan fingerprint density at radius 1 is 1.29 bits per heavy atom. The maximum absolute atomic E-state index is 11.7. The van der Waals surface area contributed by atoms with E-state index in [1.165, 1.54) is 0 Å². The summed E-state index contributed by atoms with van der Waals surface area (Å²) >= 11 is 0. The van der Waals surface area contributed by atoms with Gasteiger partial charge in [-0.25, -0.2) is 13.2 Å². The van der Waals surface area contributed by atoms with Crippen LogP contribution in [0.3, 0.4) is 0 Å². The van der Waals surface area contributed by atoms with Gasteiger partial charge in [-0.1, -0.05) is 17.7 Å². The van der Waals surface area contributed by atoms with Gasteiger partial charge in [0.15, 0.2) is 16.4 Å². The first-order valence-corrected chi connectivity index (χ1v) is 8.41. The molecule has 6 nitrogen and oxygen atoms in total. The van der Waals surface area contributed by atoms with Crippen molar-refractivity contribution in [3.63, 3.8) is 0 Å². The third-order valence-corrected chi connectivity index (χ3v) is 4.99. The molecule has 1 saturated heterocycles. The van der Waals surface area contributed by atoms with Crippen molar-refractivity contribution in [3.8, 4) is 0 Å². The van der Waals surface area contributed by atoms with E-state index in [1.807, 2.05) is 6.92 Å². The molecule has 0 radical (unpaired) electrons. The van der Waals surface area contributed by atoms with Crippen molar-refractivity contribution in [2.75, 3.05) is 18.1 Å². The third kappa shape index (κ3) is 4.56. The number of esters is 1. The SMILES string of the molecule is Cc1ccc(C(=O)OCC(=O)NC2CCS(=O)(=O)C2)cc1. The first kappa shape index (κ1) is 15.5. The Labute approximate surface area is 123 Å². The van der Waals surface area contributed by atoms with E-state index in [2.05, 4.69) is 5.32 Å². The smallest absolute Gasteiger partial charge is 0.338 e. The summed E-state index contributed by atoms with van der Waals surface area (Å²) in [6, 6.07) is 6.42. The van der Waals surface area contributed by atoms with Crippen LogP contribution < -0.4 is 5.32 Å². The predicted molar refractivity (Wildman–Crippen MR) is 76.7 cm³/mol. The molecule has 1 aliphatic rings. The number of benzene rings is 1. The van der Waals surface area contributed by atoms with Crippen LogP contribution in [0.5, 0.6) is 0 Å². The molecule has 21 heavy (non-hydrogen) atoms. The van der Waals surface area contributed by atoms with Gasteiger partial charge < -0.3 is 10.1 Å². The molecule has 1 heterocycles. The topological polar surface area (TPSA) is 89.5 Å². The molecule has 0 aromatic heterocycles. The minimum atomic E-state index is -3.04. The van der Waals surface area contributed by atoms with Crippen LogP contribution in [0.2, 0.25) is 0 Å². The maximum atomic E-state index is 11.7. The Balaban J connectivity index is 1.79. The summed E-state index contributed by atoms with van der Waals surface area (Å²) in [5.41, 5.74) is 1.39. The van der Waals surface area contributed by atoms with Crippen LogP contribution in [-0.4, -0.2) is 44.4 Å². The highest BCUT2D eigenvalue weighted by Crippen LogP contribution is 2.11. The number of rotatable bonds is 4. The predicted octanol–water partition coefficient (Wildman–Crippen LogP) is 0.455. The molecule has 0 spiro atoms. The largest absolute Gasteiger partial charge is 0.452 e. The van der Waals surface area contributed by atoms with Crippen molar-refractivity contribution in [3.05, 3.63) is 35.4 Å². The third-order valence-electron chi connectivity index (χ3n) is 3.22. The molecule has 7 heteroatoms. The molecule has 1 atom stereocenters. The van der Waals surface area contributed by atoms with Gasteiger partial charge in [-0.15, -0.1) is 0 Å². The fourth-order valence-electron chi connectivity index (χ4n) is 2.08. The molecule has 1 N–H and O–H groups in total. The molecule has 1 fully saturated rings. The van der Waals surface area contributed by atoms with Crippen LogP contribution in [0.25, 0.3) is 0 Å². The van der Waals surface area contributed by atoms with Crippen molar-refractivity contribution in [2.24, 2.45) is 0 Å². The van der Waals surface area contributed by atoms with Crippen molar-refractivity contribution >= 4 is 21.7 Å². The first-order chi connectivity index (χ1) is 9.85. The summed E-state index contributed by atoms with van der Waals surface area (Å²) in [6.07, 6.45) is 0.403. The minimum absolute atomic E-state index is 0.0509. The molecule has 0 bridgehead atoms. The van der Waals surface area contributed by atoms with Crippen LogP contribution in [0.15, 0.2) is 24.3 Å². The second-order valence-corrected chi connectivity index (χ2v) is 7.34. The lowest BCUT2D eigenvalue weighted by molar-refractivity contribution is -0.124. The molecule has 0 aliphatic carbocycles.